The Morgan fingerprint density at radius 3 is 0.850 bits per heavy atom. The minimum Gasteiger partial charge on any atom is -1.00 e. The van der Waals surface area contributed by atoms with Gasteiger partial charge in [-0.15, -0.1) is 0 Å². The van der Waals surface area contributed by atoms with Crippen molar-refractivity contribution in [2.45, 2.75) is 0 Å². The van der Waals surface area contributed by atoms with E-state index in [1.54, 1.807) is 0 Å². The fourth-order valence-electron chi connectivity index (χ4n) is 0.733. The number of aromatic nitrogens is 2. The summed E-state index contributed by atoms with van der Waals surface area (Å²) in [5.41, 5.74) is 0. The van der Waals surface area contributed by atoms with Crippen molar-refractivity contribution in [1.29, 1.82) is 0 Å². The fourth-order valence-corrected chi connectivity index (χ4v) is 1.26. The summed E-state index contributed by atoms with van der Waals surface area (Å²) in [6.07, 6.45) is 7.46. The molecule has 2 rings (SSSR count). The van der Waals surface area contributed by atoms with Crippen molar-refractivity contribution in [3.8, 4) is 0 Å². The van der Waals surface area contributed by atoms with Gasteiger partial charge in [-0.1, -0.05) is 31.9 Å². The molecule has 2 aromatic rings. The Hall–Kier alpha value is 1.59. The number of rotatable bonds is 0. The van der Waals surface area contributed by atoms with Gasteiger partial charge in [0, 0.05) is 33.2 Å². The maximum absolute atomic E-state index is 3.29. The minimum absolute atomic E-state index is 0. The molecule has 2 nitrogen and oxygen atoms in total. The molecule has 0 bridgehead atoms. The number of nitrogens with one attached hydrogen (secondary N) is 2. The number of H-pyrrole nitrogens is 2. The van der Waals surface area contributed by atoms with E-state index in [9.17, 15) is 0 Å². The van der Waals surface area contributed by atoms with Gasteiger partial charge in [0.1, 0.15) is 0 Å². The number of hydrogen-bond acceptors (Lipinski definition) is 0. The smallest absolute Gasteiger partial charge is 1.00 e. The van der Waals surface area contributed by atoms with Gasteiger partial charge < -0.3 is 62.0 Å². The summed E-state index contributed by atoms with van der Waals surface area (Å²) in [6.45, 7) is 0. The number of aromatic amines is 2. The molecule has 0 spiro atoms. The zero-order valence-electron chi connectivity index (χ0n) is 9.71. The summed E-state index contributed by atoms with van der Waals surface area (Å²) in [4.78, 5) is 5.81. The van der Waals surface area contributed by atoms with Crippen molar-refractivity contribution < 1.29 is 72.0 Å². The number of pyridine rings is 2. The van der Waals surface area contributed by atoms with E-state index in [1.807, 2.05) is 49.1 Å². The molecule has 0 aliphatic rings. The molecule has 20 heavy (non-hydrogen) atoms. The monoisotopic (exact) mass is 700 g/mol. The normalized spacial score (nSPS) is 6.10. The van der Waals surface area contributed by atoms with Crippen molar-refractivity contribution in [3.05, 3.63) is 58.0 Å². The summed E-state index contributed by atoms with van der Waals surface area (Å²) in [5.74, 6) is 0. The molecule has 0 saturated carbocycles. The topological polar surface area (TPSA) is 28.3 Å². The van der Waals surface area contributed by atoms with Gasteiger partial charge >= 0.3 is 26.2 Å². The summed E-state index contributed by atoms with van der Waals surface area (Å²) >= 11 is 6.58. The van der Waals surface area contributed by atoms with Crippen molar-refractivity contribution in [1.82, 2.24) is 0 Å². The van der Waals surface area contributed by atoms with Gasteiger partial charge in [0.2, 0.25) is 0 Å². The quantitative estimate of drug-likeness (QED) is 0.244. The second-order valence-corrected chi connectivity index (χ2v) is 4.27. The second-order valence-electron chi connectivity index (χ2n) is 2.44. The molecule has 10 heteroatoms. The van der Waals surface area contributed by atoms with E-state index < -0.39 is 0 Å². The van der Waals surface area contributed by atoms with Crippen LogP contribution in [0.25, 0.3) is 0 Å². The maximum atomic E-state index is 3.29. The van der Waals surface area contributed by atoms with Gasteiger partial charge in [-0.25, -0.2) is 9.97 Å². The van der Waals surface area contributed by atoms with Gasteiger partial charge in [0.05, 0.1) is 0 Å². The van der Waals surface area contributed by atoms with Crippen molar-refractivity contribution in [3.63, 3.8) is 0 Å². The van der Waals surface area contributed by atoms with E-state index in [0.717, 1.165) is 8.95 Å². The van der Waals surface area contributed by atoms with Crippen LogP contribution < -0.4 is 72.0 Å². The van der Waals surface area contributed by atoms with E-state index in [4.69, 9.17) is 0 Å². The molecule has 0 atom stereocenters. The number of halogens is 7. The van der Waals surface area contributed by atoms with Crippen LogP contribution in [0.5, 0.6) is 0 Å². The molecule has 0 unspecified atom stereocenters. The first-order valence-corrected chi connectivity index (χ1v) is 5.61. The van der Waals surface area contributed by atoms with Crippen LogP contribution in [0.4, 0.5) is 0 Å². The van der Waals surface area contributed by atoms with Crippen LogP contribution in [0.1, 0.15) is 0 Å². The maximum Gasteiger partial charge on any atom is 3.00 e. The largest absolute Gasteiger partial charge is 3.00 e. The van der Waals surface area contributed by atoms with Gasteiger partial charge in [0.25, 0.3) is 0 Å². The van der Waals surface area contributed by atoms with Gasteiger partial charge in [0.15, 0.2) is 24.8 Å². The molecule has 0 fully saturated rings. The van der Waals surface area contributed by atoms with Gasteiger partial charge in [-0.3, -0.25) is 0 Å². The molecular formula is C10H10BiBr2Cl5N2. The predicted octanol–water partition coefficient (Wildman–Crippen LogP) is -12.8. The van der Waals surface area contributed by atoms with E-state index in [1.165, 1.54) is 0 Å². The molecule has 114 valence electrons. The Bertz CT molecular complexity index is 335. The molecule has 2 aromatic heterocycles. The molecule has 2 radical (unpaired) electrons. The molecule has 2 heterocycles. The summed E-state index contributed by atoms with van der Waals surface area (Å²) in [5, 5.41) is 0. The van der Waals surface area contributed by atoms with E-state index in [2.05, 4.69) is 41.8 Å². The van der Waals surface area contributed by atoms with Crippen LogP contribution in [-0.2, 0) is 0 Å². The van der Waals surface area contributed by atoms with E-state index >= 15 is 0 Å². The molecule has 2 N–H and O–H groups in total. The van der Waals surface area contributed by atoms with Crippen LogP contribution >= 0.6 is 31.9 Å². The Morgan fingerprint density at radius 1 is 0.550 bits per heavy atom. The van der Waals surface area contributed by atoms with Crippen LogP contribution in [0.15, 0.2) is 58.0 Å². The van der Waals surface area contributed by atoms with Crippen molar-refractivity contribution in [2.24, 2.45) is 0 Å². The first kappa shape index (κ1) is 37.7. The standard InChI is InChI=1S/2C5H4BrN.Bi.5ClH/c2*6-5-1-3-7-4-2-5;;;;;;/h2*1-4H;;5*1H/q;;+3;;;;;/p-3. The van der Waals surface area contributed by atoms with E-state index in [0.29, 0.717) is 0 Å². The predicted molar refractivity (Wildman–Crippen MR) is 67.1 cm³/mol. The molecule has 0 amide bonds. The Morgan fingerprint density at radius 2 is 0.750 bits per heavy atom. The second kappa shape index (κ2) is 25.5. The summed E-state index contributed by atoms with van der Waals surface area (Å²) in [6, 6.07) is 7.78. The SMILES string of the molecule is Brc1cc[nH+]cc1.Brc1cc[nH+]cc1.[Bi+3].[Cl-].[Cl-].[Cl-].[Cl-].[Cl-]. The first-order chi connectivity index (χ1) is 6.79. The van der Waals surface area contributed by atoms with Gasteiger partial charge in [-0.2, -0.15) is 0 Å². The third-order valence-corrected chi connectivity index (χ3v) is 2.41. The molecule has 0 aromatic carbocycles. The number of hydrogen-bond donors (Lipinski definition) is 0. The van der Waals surface area contributed by atoms with Crippen molar-refractivity contribution >= 4 is 58.1 Å². The first-order valence-electron chi connectivity index (χ1n) is 4.02. The molecule has 0 aliphatic heterocycles. The average Bonchev–Trinajstić information content (AvgIpc) is 2.21. The third kappa shape index (κ3) is 21.9. The Balaban J connectivity index is -0.0000000377. The van der Waals surface area contributed by atoms with Crippen molar-refractivity contribution in [2.75, 3.05) is 0 Å². The Labute approximate surface area is 186 Å². The summed E-state index contributed by atoms with van der Waals surface area (Å²) < 4.78 is 2.21. The summed E-state index contributed by atoms with van der Waals surface area (Å²) in [7, 11) is 0. The molecule has 0 aliphatic carbocycles. The zero-order chi connectivity index (χ0) is 10.2. The molecule has 0 saturated heterocycles. The third-order valence-electron chi connectivity index (χ3n) is 1.36. The van der Waals surface area contributed by atoms with E-state index in [-0.39, 0.29) is 88.2 Å². The van der Waals surface area contributed by atoms with Gasteiger partial charge in [-0.05, 0) is 0 Å². The van der Waals surface area contributed by atoms with Crippen LogP contribution in [0.2, 0.25) is 0 Å². The zero-order valence-corrected chi connectivity index (χ0v) is 20.1. The molecular weight excluding hydrogens is 694 g/mol. The van der Waals surface area contributed by atoms with Crippen LogP contribution in [0, 0.1) is 0 Å². The minimum atomic E-state index is 0. The van der Waals surface area contributed by atoms with Crippen LogP contribution in [0.3, 0.4) is 0 Å². The van der Waals surface area contributed by atoms with Crippen LogP contribution in [-0.4, -0.2) is 26.2 Å². The Kier molecular flexibility index (Phi) is 48.1. The average molecular weight is 704 g/mol. The fraction of sp³-hybridized carbons (Fsp3) is 0.